The number of benzene rings is 2. The summed E-state index contributed by atoms with van der Waals surface area (Å²) >= 11 is 6.00. The average molecular weight is 353 g/mol. The smallest absolute Gasteiger partial charge is 0.248 e. The van der Waals surface area contributed by atoms with Crippen LogP contribution < -0.4 is 10.2 Å². The van der Waals surface area contributed by atoms with Crippen LogP contribution in [0.25, 0.3) is 5.70 Å². The fourth-order valence-electron chi connectivity index (χ4n) is 2.86. The summed E-state index contributed by atoms with van der Waals surface area (Å²) in [5, 5.41) is 16.0. The van der Waals surface area contributed by atoms with E-state index in [9.17, 15) is 0 Å². The average Bonchev–Trinajstić information content (AvgIpc) is 3.10. The van der Waals surface area contributed by atoms with E-state index >= 15 is 0 Å². The maximum Gasteiger partial charge on any atom is 0.248 e. The summed E-state index contributed by atoms with van der Waals surface area (Å²) in [4.78, 5) is 2.07. The minimum Gasteiger partial charge on any atom is -0.378 e. The van der Waals surface area contributed by atoms with Crippen LogP contribution in [0.5, 0.6) is 0 Å². The summed E-state index contributed by atoms with van der Waals surface area (Å²) in [6, 6.07) is 16.0. The molecule has 3 aromatic rings. The van der Waals surface area contributed by atoms with Crippen LogP contribution in [0.1, 0.15) is 17.2 Å². The van der Waals surface area contributed by atoms with Crippen LogP contribution in [-0.4, -0.2) is 34.3 Å². The molecule has 1 atom stereocenters. The number of aromatic nitrogens is 4. The van der Waals surface area contributed by atoms with E-state index in [1.165, 1.54) is 0 Å². The SMILES string of the molecule is CN(C)c1ccc([C@@H]2C=C(c3ccc(Cl)cc3)Nc3nnnn32)cc1. The third-order valence-electron chi connectivity index (χ3n) is 4.23. The first-order valence-corrected chi connectivity index (χ1v) is 8.29. The van der Waals surface area contributed by atoms with Gasteiger partial charge in [0.25, 0.3) is 0 Å². The summed E-state index contributed by atoms with van der Waals surface area (Å²) in [5.41, 5.74) is 4.26. The van der Waals surface area contributed by atoms with E-state index < -0.39 is 0 Å². The molecule has 4 rings (SSSR count). The molecule has 25 heavy (non-hydrogen) atoms. The highest BCUT2D eigenvalue weighted by Gasteiger charge is 2.24. The quantitative estimate of drug-likeness (QED) is 0.782. The molecule has 0 aliphatic carbocycles. The third kappa shape index (κ3) is 2.96. The predicted octanol–water partition coefficient (Wildman–Crippen LogP) is 3.45. The van der Waals surface area contributed by atoms with Gasteiger partial charge in [0.2, 0.25) is 5.95 Å². The Balaban J connectivity index is 1.75. The van der Waals surface area contributed by atoms with Gasteiger partial charge in [-0.3, -0.25) is 0 Å². The van der Waals surface area contributed by atoms with Crippen molar-refractivity contribution in [3.8, 4) is 0 Å². The minimum atomic E-state index is -0.0758. The Bertz CT molecular complexity index is 911. The van der Waals surface area contributed by atoms with Crippen molar-refractivity contribution in [1.82, 2.24) is 20.2 Å². The fraction of sp³-hybridized carbons (Fsp3) is 0.167. The van der Waals surface area contributed by atoms with Crippen LogP contribution in [0.3, 0.4) is 0 Å². The molecule has 0 fully saturated rings. The van der Waals surface area contributed by atoms with Crippen LogP contribution in [0, 0.1) is 0 Å². The summed E-state index contributed by atoms with van der Waals surface area (Å²) in [6.07, 6.45) is 2.12. The van der Waals surface area contributed by atoms with Gasteiger partial charge in [-0.1, -0.05) is 41.0 Å². The van der Waals surface area contributed by atoms with Gasteiger partial charge in [-0.05, 0) is 51.9 Å². The van der Waals surface area contributed by atoms with Crippen molar-refractivity contribution in [2.24, 2.45) is 0 Å². The molecule has 0 amide bonds. The Kier molecular flexibility index (Phi) is 3.89. The second-order valence-electron chi connectivity index (χ2n) is 6.09. The fourth-order valence-corrected chi connectivity index (χ4v) is 2.98. The molecule has 1 aliphatic heterocycles. The second kappa shape index (κ2) is 6.22. The highest BCUT2D eigenvalue weighted by molar-refractivity contribution is 6.30. The molecule has 1 aliphatic rings. The van der Waals surface area contributed by atoms with E-state index in [4.69, 9.17) is 11.6 Å². The van der Waals surface area contributed by atoms with E-state index in [1.807, 2.05) is 38.4 Å². The van der Waals surface area contributed by atoms with Crippen molar-refractivity contribution in [2.75, 3.05) is 24.3 Å². The molecule has 0 spiro atoms. The normalized spacial score (nSPS) is 16.0. The van der Waals surface area contributed by atoms with Crippen molar-refractivity contribution < 1.29 is 0 Å². The lowest BCUT2D eigenvalue weighted by molar-refractivity contribution is 0.586. The van der Waals surface area contributed by atoms with E-state index in [1.54, 1.807) is 4.68 Å². The molecule has 0 saturated heterocycles. The first-order valence-electron chi connectivity index (χ1n) is 7.92. The molecule has 126 valence electrons. The van der Waals surface area contributed by atoms with Crippen LogP contribution in [0.2, 0.25) is 5.02 Å². The maximum atomic E-state index is 6.00. The zero-order valence-corrected chi connectivity index (χ0v) is 14.6. The zero-order chi connectivity index (χ0) is 17.4. The van der Waals surface area contributed by atoms with Gasteiger partial charge in [0.1, 0.15) is 6.04 Å². The number of halogens is 1. The van der Waals surface area contributed by atoms with Crippen molar-refractivity contribution in [3.05, 3.63) is 70.8 Å². The van der Waals surface area contributed by atoms with E-state index in [2.05, 4.69) is 56.1 Å². The Morgan fingerprint density at radius 2 is 1.76 bits per heavy atom. The molecule has 0 unspecified atom stereocenters. The van der Waals surface area contributed by atoms with Gasteiger partial charge < -0.3 is 10.2 Å². The van der Waals surface area contributed by atoms with E-state index in [0.29, 0.717) is 11.0 Å². The summed E-state index contributed by atoms with van der Waals surface area (Å²) in [5.74, 6) is 0.620. The number of fused-ring (bicyclic) bond motifs is 1. The summed E-state index contributed by atoms with van der Waals surface area (Å²) in [7, 11) is 4.05. The molecule has 1 N–H and O–H groups in total. The van der Waals surface area contributed by atoms with Gasteiger partial charge in [-0.15, -0.1) is 0 Å². The topological polar surface area (TPSA) is 58.9 Å². The lowest BCUT2D eigenvalue weighted by atomic mass is 10.0. The number of anilines is 2. The molecule has 7 heteroatoms. The molecular weight excluding hydrogens is 336 g/mol. The number of nitrogens with one attached hydrogen (secondary N) is 1. The summed E-state index contributed by atoms with van der Waals surface area (Å²) in [6.45, 7) is 0. The largest absolute Gasteiger partial charge is 0.378 e. The number of rotatable bonds is 3. The van der Waals surface area contributed by atoms with Crippen molar-refractivity contribution >= 4 is 28.9 Å². The Labute approximate surface area is 150 Å². The van der Waals surface area contributed by atoms with Crippen LogP contribution in [0.4, 0.5) is 11.6 Å². The van der Waals surface area contributed by atoms with Crippen molar-refractivity contribution in [3.63, 3.8) is 0 Å². The zero-order valence-electron chi connectivity index (χ0n) is 13.9. The van der Waals surface area contributed by atoms with Crippen LogP contribution >= 0.6 is 11.6 Å². The molecule has 0 saturated carbocycles. The Morgan fingerprint density at radius 3 is 2.44 bits per heavy atom. The number of hydrogen-bond acceptors (Lipinski definition) is 5. The number of tetrazole rings is 1. The van der Waals surface area contributed by atoms with Crippen LogP contribution in [0.15, 0.2) is 54.6 Å². The highest BCUT2D eigenvalue weighted by Crippen LogP contribution is 2.32. The Morgan fingerprint density at radius 1 is 1.04 bits per heavy atom. The maximum absolute atomic E-state index is 6.00. The molecule has 1 aromatic heterocycles. The first kappa shape index (κ1) is 15.7. The minimum absolute atomic E-state index is 0.0758. The molecule has 0 radical (unpaired) electrons. The van der Waals surface area contributed by atoms with Crippen molar-refractivity contribution in [1.29, 1.82) is 0 Å². The van der Waals surface area contributed by atoms with Gasteiger partial charge in [0.05, 0.1) is 0 Å². The number of hydrogen-bond donors (Lipinski definition) is 1. The molecule has 6 nitrogen and oxygen atoms in total. The second-order valence-corrected chi connectivity index (χ2v) is 6.53. The standard InChI is InChI=1S/C18H17ClN6/c1-24(2)15-9-5-13(6-10-15)17-11-16(12-3-7-14(19)8-4-12)20-18-21-22-23-25(17)18/h3-11,17H,1-2H3,(H,20,21,23)/t17-/m0/s1. The van der Waals surface area contributed by atoms with Gasteiger partial charge >= 0.3 is 0 Å². The van der Waals surface area contributed by atoms with Gasteiger partial charge in [-0.2, -0.15) is 4.68 Å². The van der Waals surface area contributed by atoms with E-state index in [0.717, 1.165) is 22.5 Å². The highest BCUT2D eigenvalue weighted by atomic mass is 35.5. The van der Waals surface area contributed by atoms with E-state index in [-0.39, 0.29) is 6.04 Å². The Hall–Kier alpha value is -2.86. The lowest BCUT2D eigenvalue weighted by Crippen LogP contribution is -2.20. The van der Waals surface area contributed by atoms with Gasteiger partial charge in [0, 0.05) is 30.5 Å². The molecule has 2 aromatic carbocycles. The van der Waals surface area contributed by atoms with Gasteiger partial charge in [0.15, 0.2) is 0 Å². The predicted molar refractivity (Wildman–Crippen MR) is 99.8 cm³/mol. The summed E-state index contributed by atoms with van der Waals surface area (Å²) < 4.78 is 1.78. The number of allylic oxidation sites excluding steroid dienone is 1. The van der Waals surface area contributed by atoms with Crippen molar-refractivity contribution in [2.45, 2.75) is 6.04 Å². The monoisotopic (exact) mass is 352 g/mol. The third-order valence-corrected chi connectivity index (χ3v) is 4.49. The first-order chi connectivity index (χ1) is 12.1. The van der Waals surface area contributed by atoms with Crippen LogP contribution in [-0.2, 0) is 0 Å². The lowest BCUT2D eigenvalue weighted by Gasteiger charge is -2.24. The molecule has 2 heterocycles. The molecular formula is C18H17ClN6. The molecule has 0 bridgehead atoms. The van der Waals surface area contributed by atoms with Gasteiger partial charge in [-0.25, -0.2) is 0 Å². The number of nitrogens with zero attached hydrogens (tertiary/aromatic N) is 5.